The van der Waals surface area contributed by atoms with E-state index >= 15 is 0 Å². The van der Waals surface area contributed by atoms with Crippen molar-refractivity contribution in [2.45, 2.75) is 53.0 Å². The number of amides is 1. The van der Waals surface area contributed by atoms with E-state index in [4.69, 9.17) is 0 Å². The van der Waals surface area contributed by atoms with E-state index in [-0.39, 0.29) is 5.91 Å². The Morgan fingerprint density at radius 3 is 2.67 bits per heavy atom. The molecule has 5 heteroatoms. The van der Waals surface area contributed by atoms with Crippen LogP contribution < -0.4 is 5.32 Å². The molecule has 2 rings (SSSR count). The molecule has 21 heavy (non-hydrogen) atoms. The lowest BCUT2D eigenvalue weighted by Crippen LogP contribution is -2.42. The lowest BCUT2D eigenvalue weighted by molar-refractivity contribution is -0.132. The maximum Gasteiger partial charge on any atom is 0.222 e. The molecule has 1 aliphatic rings. The first-order chi connectivity index (χ1) is 9.95. The molecule has 1 aliphatic heterocycles. The number of nitrogens with zero attached hydrogens (tertiary/aromatic N) is 3. The van der Waals surface area contributed by atoms with Crippen LogP contribution in [0.2, 0.25) is 0 Å². The Morgan fingerprint density at radius 1 is 1.38 bits per heavy atom. The maximum absolute atomic E-state index is 12.1. The van der Waals surface area contributed by atoms with Gasteiger partial charge in [0.25, 0.3) is 0 Å². The number of hydrogen-bond acceptors (Lipinski definition) is 4. The molecule has 0 saturated carbocycles. The first-order valence-corrected chi connectivity index (χ1v) is 7.80. The topological polar surface area (TPSA) is 58.1 Å². The summed E-state index contributed by atoms with van der Waals surface area (Å²) < 4.78 is 0. The van der Waals surface area contributed by atoms with E-state index in [0.717, 1.165) is 43.1 Å². The van der Waals surface area contributed by atoms with Crippen molar-refractivity contribution >= 4 is 11.7 Å². The number of anilines is 1. The van der Waals surface area contributed by atoms with Gasteiger partial charge < -0.3 is 10.2 Å². The van der Waals surface area contributed by atoms with Crippen LogP contribution in [0.4, 0.5) is 5.82 Å². The average molecular weight is 290 g/mol. The molecule has 1 amide bonds. The first-order valence-electron chi connectivity index (χ1n) is 7.80. The summed E-state index contributed by atoms with van der Waals surface area (Å²) in [6.45, 7) is 9.76. The molecule has 1 aromatic rings. The van der Waals surface area contributed by atoms with Gasteiger partial charge in [0.05, 0.1) is 11.4 Å². The van der Waals surface area contributed by atoms with Gasteiger partial charge in [-0.3, -0.25) is 9.78 Å². The normalized spacial score (nSPS) is 16.3. The van der Waals surface area contributed by atoms with Gasteiger partial charge in [0, 0.05) is 31.7 Å². The number of rotatable bonds is 4. The van der Waals surface area contributed by atoms with Crippen LogP contribution in [0.1, 0.15) is 44.5 Å². The van der Waals surface area contributed by atoms with Crippen molar-refractivity contribution in [3.8, 4) is 0 Å². The molecule has 1 N–H and O–H groups in total. The molecule has 0 aromatic carbocycles. The van der Waals surface area contributed by atoms with Gasteiger partial charge in [-0.05, 0) is 32.6 Å². The zero-order chi connectivity index (χ0) is 15.4. The minimum atomic E-state index is 0.287. The fourth-order valence-corrected chi connectivity index (χ4v) is 2.62. The summed E-state index contributed by atoms with van der Waals surface area (Å²) in [5, 5.41) is 3.48. The number of likely N-dealkylation sites (tertiary alicyclic amines) is 1. The zero-order valence-corrected chi connectivity index (χ0v) is 13.5. The third-order valence-electron chi connectivity index (χ3n) is 3.85. The molecule has 0 unspecified atom stereocenters. The maximum atomic E-state index is 12.1. The van der Waals surface area contributed by atoms with Gasteiger partial charge in [-0.25, -0.2) is 4.98 Å². The second-order valence-electron chi connectivity index (χ2n) is 6.34. The van der Waals surface area contributed by atoms with E-state index < -0.39 is 0 Å². The van der Waals surface area contributed by atoms with Crippen LogP contribution in [0.15, 0.2) is 6.20 Å². The minimum Gasteiger partial charge on any atom is -0.366 e. The highest BCUT2D eigenvalue weighted by Gasteiger charge is 2.23. The Balaban J connectivity index is 1.87. The summed E-state index contributed by atoms with van der Waals surface area (Å²) in [6.07, 6.45) is 4.38. The first kappa shape index (κ1) is 15.7. The molecule has 1 aromatic heterocycles. The predicted octanol–water partition coefficient (Wildman–Crippen LogP) is 2.54. The molecular formula is C16H26N4O. The molecule has 0 atom stereocenters. The summed E-state index contributed by atoms with van der Waals surface area (Å²) in [4.78, 5) is 22.9. The zero-order valence-electron chi connectivity index (χ0n) is 13.5. The van der Waals surface area contributed by atoms with E-state index in [1.807, 2.05) is 18.7 Å². The Morgan fingerprint density at radius 2 is 2.05 bits per heavy atom. The molecule has 0 spiro atoms. The van der Waals surface area contributed by atoms with Crippen LogP contribution in [0.5, 0.6) is 0 Å². The van der Waals surface area contributed by atoms with Crippen LogP contribution in [0, 0.1) is 19.8 Å². The number of piperidine rings is 1. The van der Waals surface area contributed by atoms with Gasteiger partial charge in [-0.15, -0.1) is 0 Å². The van der Waals surface area contributed by atoms with Crippen molar-refractivity contribution in [3.63, 3.8) is 0 Å². The van der Waals surface area contributed by atoms with Crippen molar-refractivity contribution < 1.29 is 4.79 Å². The highest BCUT2D eigenvalue weighted by atomic mass is 16.2. The van der Waals surface area contributed by atoms with E-state index in [2.05, 4.69) is 29.1 Å². The summed E-state index contributed by atoms with van der Waals surface area (Å²) in [7, 11) is 0. The van der Waals surface area contributed by atoms with Gasteiger partial charge in [-0.2, -0.15) is 0 Å². The Labute approximate surface area is 127 Å². The molecule has 0 bridgehead atoms. The highest BCUT2D eigenvalue weighted by Crippen LogP contribution is 2.18. The summed E-state index contributed by atoms with van der Waals surface area (Å²) in [6, 6.07) is 0.378. The molecule has 1 fully saturated rings. The molecule has 116 valence electrons. The average Bonchev–Trinajstić information content (AvgIpc) is 2.43. The van der Waals surface area contributed by atoms with E-state index in [1.165, 1.54) is 0 Å². The minimum absolute atomic E-state index is 0.287. The van der Waals surface area contributed by atoms with Crippen molar-refractivity contribution in [1.82, 2.24) is 14.9 Å². The van der Waals surface area contributed by atoms with Crippen LogP contribution in [0.25, 0.3) is 0 Å². The summed E-state index contributed by atoms with van der Waals surface area (Å²) >= 11 is 0. The Kier molecular flexibility index (Phi) is 5.15. The van der Waals surface area contributed by atoms with E-state index in [9.17, 15) is 4.79 Å². The number of aromatic nitrogens is 2. The monoisotopic (exact) mass is 290 g/mol. The third-order valence-corrected chi connectivity index (χ3v) is 3.85. The summed E-state index contributed by atoms with van der Waals surface area (Å²) in [5.41, 5.74) is 1.85. The fraction of sp³-hybridized carbons (Fsp3) is 0.688. The van der Waals surface area contributed by atoms with Crippen LogP contribution >= 0.6 is 0 Å². The fourth-order valence-electron chi connectivity index (χ4n) is 2.62. The van der Waals surface area contributed by atoms with Crippen LogP contribution in [-0.2, 0) is 4.79 Å². The Hall–Kier alpha value is -1.65. The highest BCUT2D eigenvalue weighted by molar-refractivity contribution is 5.76. The summed E-state index contributed by atoms with van der Waals surface area (Å²) in [5.74, 6) is 1.59. The smallest absolute Gasteiger partial charge is 0.222 e. The number of carbonyl (C=O) groups is 1. The van der Waals surface area contributed by atoms with E-state index in [0.29, 0.717) is 18.4 Å². The molecule has 2 heterocycles. The quantitative estimate of drug-likeness (QED) is 0.926. The lowest BCUT2D eigenvalue weighted by Gasteiger charge is -2.33. The van der Waals surface area contributed by atoms with Gasteiger partial charge in [0.15, 0.2) is 0 Å². The molecular weight excluding hydrogens is 264 g/mol. The van der Waals surface area contributed by atoms with Crippen molar-refractivity contribution in [1.29, 1.82) is 0 Å². The standard InChI is InChI=1S/C16H26N4O/c1-11(2)9-15(21)20-7-5-14(6-8-20)19-16-13(4)17-10-12(3)18-16/h10-11,14H,5-9H2,1-4H3,(H,18,19). The molecule has 0 aliphatic carbocycles. The lowest BCUT2D eigenvalue weighted by atomic mass is 10.0. The van der Waals surface area contributed by atoms with Gasteiger partial charge >= 0.3 is 0 Å². The Bertz CT molecular complexity index is 493. The van der Waals surface area contributed by atoms with Crippen LogP contribution in [-0.4, -0.2) is 39.9 Å². The van der Waals surface area contributed by atoms with Gasteiger partial charge in [0.2, 0.25) is 5.91 Å². The van der Waals surface area contributed by atoms with Crippen molar-refractivity contribution in [2.75, 3.05) is 18.4 Å². The number of hydrogen-bond donors (Lipinski definition) is 1. The van der Waals surface area contributed by atoms with Crippen molar-refractivity contribution in [3.05, 3.63) is 17.6 Å². The number of nitrogens with one attached hydrogen (secondary N) is 1. The predicted molar refractivity (Wildman–Crippen MR) is 84.2 cm³/mol. The van der Waals surface area contributed by atoms with Gasteiger partial charge in [0.1, 0.15) is 5.82 Å². The third kappa shape index (κ3) is 4.41. The largest absolute Gasteiger partial charge is 0.366 e. The SMILES string of the molecule is Cc1cnc(C)c(NC2CCN(C(=O)CC(C)C)CC2)n1. The number of aryl methyl sites for hydroxylation is 2. The molecule has 5 nitrogen and oxygen atoms in total. The van der Waals surface area contributed by atoms with E-state index in [1.54, 1.807) is 6.20 Å². The number of carbonyl (C=O) groups excluding carboxylic acids is 1. The second kappa shape index (κ2) is 6.87. The molecule has 0 radical (unpaired) electrons. The van der Waals surface area contributed by atoms with Crippen molar-refractivity contribution in [2.24, 2.45) is 5.92 Å². The van der Waals surface area contributed by atoms with Crippen LogP contribution in [0.3, 0.4) is 0 Å². The second-order valence-corrected chi connectivity index (χ2v) is 6.34. The molecule has 1 saturated heterocycles. The van der Waals surface area contributed by atoms with Gasteiger partial charge in [-0.1, -0.05) is 13.8 Å².